The van der Waals surface area contributed by atoms with Crippen LogP contribution < -0.4 is 5.32 Å². The molecular weight excluding hydrogens is 790 g/mol. The number of carboxylic acid groups (broad SMARTS) is 1. The minimum Gasteiger partial charge on any atom is -0.481 e. The van der Waals surface area contributed by atoms with Gasteiger partial charge in [0, 0.05) is 42.4 Å². The van der Waals surface area contributed by atoms with Gasteiger partial charge in [0.15, 0.2) is 11.6 Å². The number of aliphatic hydroxyl groups excluding tert-OH is 1. The molecule has 5 rings (SSSR count). The van der Waals surface area contributed by atoms with Crippen LogP contribution in [0.3, 0.4) is 0 Å². The highest BCUT2D eigenvalue weighted by molar-refractivity contribution is 6.17. The molecule has 1 amide bonds. The van der Waals surface area contributed by atoms with Crippen molar-refractivity contribution in [2.45, 2.75) is 218 Å². The molecular formula is C47H78ClNO11. The van der Waals surface area contributed by atoms with Gasteiger partial charge in [-0.05, 0) is 102 Å². The van der Waals surface area contributed by atoms with E-state index < -0.39 is 76.8 Å². The molecule has 2 spiro atoms. The summed E-state index contributed by atoms with van der Waals surface area (Å²) in [5.41, 5.74) is -1.69. The summed E-state index contributed by atoms with van der Waals surface area (Å²) in [6.45, 7) is 19.7. The normalized spacial score (nSPS) is 42.0. The van der Waals surface area contributed by atoms with Gasteiger partial charge in [0.05, 0.1) is 53.7 Å². The number of Topliss-reactive ketones (excluding diaryl/α,β-unsaturated/α-hetero) is 1. The summed E-state index contributed by atoms with van der Waals surface area (Å²) in [5.74, 6) is -5.54. The maximum atomic E-state index is 14.6. The number of alkyl halides is 1. The van der Waals surface area contributed by atoms with Crippen molar-refractivity contribution in [3.05, 3.63) is 12.2 Å². The second-order valence-electron chi connectivity index (χ2n) is 19.7. The summed E-state index contributed by atoms with van der Waals surface area (Å²) < 4.78 is 34.5. The van der Waals surface area contributed by atoms with Crippen molar-refractivity contribution in [3.8, 4) is 0 Å². The number of aliphatic carboxylic acids is 1. The second kappa shape index (κ2) is 20.0. The van der Waals surface area contributed by atoms with Crippen molar-refractivity contribution < 1.29 is 53.4 Å². The largest absolute Gasteiger partial charge is 0.481 e. The number of halogens is 1. The Kier molecular flexibility index (Phi) is 16.5. The molecule has 0 radical (unpaired) electrons. The molecule has 344 valence electrons. The average Bonchev–Trinajstić information content (AvgIpc) is 3.55. The fourth-order valence-electron chi connectivity index (χ4n) is 11.3. The number of amides is 1. The van der Waals surface area contributed by atoms with Crippen LogP contribution in [0.15, 0.2) is 12.2 Å². The van der Waals surface area contributed by atoms with Gasteiger partial charge >= 0.3 is 5.97 Å². The van der Waals surface area contributed by atoms with Gasteiger partial charge in [0.2, 0.25) is 5.91 Å². The first-order valence-electron chi connectivity index (χ1n) is 23.3. The van der Waals surface area contributed by atoms with E-state index in [2.05, 4.69) is 26.1 Å². The Hall–Kier alpha value is -1.64. The van der Waals surface area contributed by atoms with E-state index >= 15 is 0 Å². The predicted octanol–water partition coefficient (Wildman–Crippen LogP) is 7.72. The Morgan fingerprint density at radius 1 is 0.900 bits per heavy atom. The topological polar surface area (TPSA) is 170 Å². The van der Waals surface area contributed by atoms with Crippen LogP contribution in [0.2, 0.25) is 0 Å². The molecule has 5 aliphatic heterocycles. The predicted molar refractivity (Wildman–Crippen MR) is 229 cm³/mol. The summed E-state index contributed by atoms with van der Waals surface area (Å²) in [5, 5.41) is 36.1. The smallest absolute Gasteiger partial charge is 0.309 e. The fraction of sp³-hybridized carbons (Fsp3) is 0.894. The average molecular weight is 869 g/mol. The molecule has 0 aromatic heterocycles. The van der Waals surface area contributed by atoms with E-state index in [9.17, 15) is 29.7 Å². The number of rotatable bonds is 17. The van der Waals surface area contributed by atoms with Crippen molar-refractivity contribution in [1.29, 1.82) is 0 Å². The molecule has 0 saturated carbocycles. The number of ketones is 1. The summed E-state index contributed by atoms with van der Waals surface area (Å²) >= 11 is 5.92. The lowest BCUT2D eigenvalue weighted by atomic mass is 9.72. The minimum absolute atomic E-state index is 0.0118. The van der Waals surface area contributed by atoms with Crippen molar-refractivity contribution in [2.75, 3.05) is 5.88 Å². The lowest BCUT2D eigenvalue weighted by Crippen LogP contribution is -2.65. The van der Waals surface area contributed by atoms with E-state index in [-0.39, 0.29) is 47.8 Å². The Labute approximate surface area is 364 Å². The van der Waals surface area contributed by atoms with Crippen LogP contribution >= 0.6 is 11.6 Å². The molecule has 4 saturated heterocycles. The highest BCUT2D eigenvalue weighted by Gasteiger charge is 2.63. The summed E-state index contributed by atoms with van der Waals surface area (Å²) in [6, 6.07) is -0.622. The number of carboxylic acids is 1. The highest BCUT2D eigenvalue weighted by Crippen LogP contribution is 2.54. The van der Waals surface area contributed by atoms with Crippen molar-refractivity contribution >= 4 is 29.3 Å². The van der Waals surface area contributed by atoms with Crippen LogP contribution in [0, 0.1) is 41.4 Å². The van der Waals surface area contributed by atoms with Gasteiger partial charge in [0.1, 0.15) is 11.8 Å². The number of carbonyl (C=O) groups is 3. The number of carbonyl (C=O) groups excluding carboxylic acids is 2. The Balaban J connectivity index is 1.38. The van der Waals surface area contributed by atoms with Crippen LogP contribution in [-0.4, -0.2) is 104 Å². The van der Waals surface area contributed by atoms with Crippen LogP contribution in [0.1, 0.15) is 153 Å². The number of aliphatic hydroxyl groups is 2. The molecule has 5 heterocycles. The van der Waals surface area contributed by atoms with Crippen molar-refractivity contribution in [1.82, 2.24) is 5.32 Å². The van der Waals surface area contributed by atoms with E-state index in [1.54, 1.807) is 6.92 Å². The molecule has 0 aromatic rings. The Morgan fingerprint density at radius 2 is 1.60 bits per heavy atom. The SMILES string of the molecule is CCC(C(=O)[C@@H](C)[C@@H](O)[C@H](C)[C@@H]1O[C@@H]([C@@H](CC)C(=O)O)CC[C@@H]1C)[C@H]1O[C@]2(C=C[C@@H](NC(=O)CCCCCl)[C@]3(CC[C@@](C)([C@H]4CC[C@](O)(CC)[C@H](C)O4)O3)O2)[C@H](C)C[C@@H]1C. The lowest BCUT2D eigenvalue weighted by Gasteiger charge is -2.55. The van der Waals surface area contributed by atoms with E-state index in [0.29, 0.717) is 76.5 Å². The van der Waals surface area contributed by atoms with Gasteiger partial charge in [0.25, 0.3) is 0 Å². The van der Waals surface area contributed by atoms with Crippen LogP contribution in [0.5, 0.6) is 0 Å². The maximum absolute atomic E-state index is 14.6. The van der Waals surface area contributed by atoms with E-state index in [0.717, 1.165) is 12.8 Å². The second-order valence-corrected chi connectivity index (χ2v) is 20.0. The zero-order valence-electron chi connectivity index (χ0n) is 38.1. The first-order chi connectivity index (χ1) is 28.2. The van der Waals surface area contributed by atoms with Crippen LogP contribution in [0.25, 0.3) is 0 Å². The number of unbranched alkanes of at least 4 members (excludes halogenated alkanes) is 1. The molecule has 60 heavy (non-hydrogen) atoms. The fourth-order valence-corrected chi connectivity index (χ4v) is 11.5. The number of hydrogen-bond acceptors (Lipinski definition) is 10. The third kappa shape index (κ3) is 10.0. The van der Waals surface area contributed by atoms with Gasteiger partial charge in [-0.25, -0.2) is 0 Å². The van der Waals surface area contributed by atoms with Crippen molar-refractivity contribution in [2.24, 2.45) is 41.4 Å². The van der Waals surface area contributed by atoms with Crippen LogP contribution in [0.4, 0.5) is 0 Å². The first-order valence-corrected chi connectivity index (χ1v) is 23.9. The lowest BCUT2D eigenvalue weighted by molar-refractivity contribution is -0.398. The first kappa shape index (κ1) is 49.4. The zero-order chi connectivity index (χ0) is 44.4. The molecule has 13 heteroatoms. The molecule has 0 aliphatic carbocycles. The third-order valence-electron chi connectivity index (χ3n) is 15.6. The molecule has 0 aromatic carbocycles. The summed E-state index contributed by atoms with van der Waals surface area (Å²) in [4.78, 5) is 40.0. The van der Waals surface area contributed by atoms with Gasteiger partial charge in [-0.2, -0.15) is 0 Å². The highest BCUT2D eigenvalue weighted by atomic mass is 35.5. The Bertz CT molecular complexity index is 1510. The molecule has 18 atom stereocenters. The van der Waals surface area contributed by atoms with E-state index in [1.807, 2.05) is 53.7 Å². The molecule has 4 fully saturated rings. The van der Waals surface area contributed by atoms with Crippen molar-refractivity contribution in [3.63, 3.8) is 0 Å². The number of hydrogen-bond donors (Lipinski definition) is 4. The third-order valence-corrected chi connectivity index (χ3v) is 15.9. The monoisotopic (exact) mass is 868 g/mol. The van der Waals surface area contributed by atoms with Gasteiger partial charge in [-0.3, -0.25) is 14.4 Å². The van der Waals surface area contributed by atoms with Gasteiger partial charge in [-0.15, -0.1) is 11.6 Å². The minimum atomic E-state index is -1.30. The van der Waals surface area contributed by atoms with Gasteiger partial charge < -0.3 is 44.3 Å². The molecule has 4 N–H and O–H groups in total. The van der Waals surface area contributed by atoms with Gasteiger partial charge in [-0.1, -0.05) is 61.5 Å². The number of nitrogens with one attached hydrogen (secondary N) is 1. The number of ether oxygens (including phenoxy) is 5. The van der Waals surface area contributed by atoms with E-state index in [4.69, 9.17) is 35.3 Å². The van der Waals surface area contributed by atoms with Crippen LogP contribution in [-0.2, 0) is 38.1 Å². The maximum Gasteiger partial charge on any atom is 0.309 e. The standard InChI is InChI=1S/C47H78ClNO11/c1-11-33(43(53)54)35-18-17-27(4)41(57-35)31(8)39(51)30(7)40(52)34(12-2)42-28(5)26-29(6)46(58-42)22-19-36(49-38(50)16-14-15-25-48)47(60-46)24-23-44(10,59-47)37-20-21-45(55,13-3)32(9)56-37/h19,22,27-37,39,41-42,51,55H,11-18,20-21,23-26H2,1-10H3,(H,49,50)(H,53,54)/t27-,28-,29+,30-,31-,32-,33+,34?,35+,36+,37+,39+,41+,42-,44-,45+,46-,47-/m0/s1. The quantitative estimate of drug-likeness (QED) is 0.0642. The summed E-state index contributed by atoms with van der Waals surface area (Å²) in [7, 11) is 0. The molecule has 1 unspecified atom stereocenters. The van der Waals surface area contributed by atoms with E-state index in [1.165, 1.54) is 0 Å². The molecule has 12 nitrogen and oxygen atoms in total. The molecule has 5 aliphatic rings. The molecule has 0 bridgehead atoms. The zero-order valence-corrected chi connectivity index (χ0v) is 38.9. The summed E-state index contributed by atoms with van der Waals surface area (Å²) in [6.07, 6.45) is 8.40. The Morgan fingerprint density at radius 3 is 2.22 bits per heavy atom.